The highest BCUT2D eigenvalue weighted by Crippen LogP contribution is 2.28. The summed E-state index contributed by atoms with van der Waals surface area (Å²) < 4.78 is 10.5. The van der Waals surface area contributed by atoms with Crippen LogP contribution in [0.3, 0.4) is 0 Å². The van der Waals surface area contributed by atoms with Crippen LogP contribution in [0.15, 0.2) is 42.7 Å². The first-order valence-electron chi connectivity index (χ1n) is 7.95. The minimum Gasteiger partial charge on any atom is -0.493 e. The van der Waals surface area contributed by atoms with Gasteiger partial charge in [0.2, 0.25) is 0 Å². The molecule has 1 aliphatic rings. The molecule has 1 aliphatic heterocycles. The van der Waals surface area contributed by atoms with Gasteiger partial charge in [0, 0.05) is 49.6 Å². The van der Waals surface area contributed by atoms with Crippen LogP contribution in [-0.2, 0) is 0 Å². The van der Waals surface area contributed by atoms with Crippen molar-refractivity contribution in [3.63, 3.8) is 0 Å². The molecule has 0 unspecified atom stereocenters. The first-order chi connectivity index (χ1) is 11.7. The third kappa shape index (κ3) is 3.27. The van der Waals surface area contributed by atoms with Gasteiger partial charge in [-0.2, -0.15) is 0 Å². The second kappa shape index (κ2) is 7.21. The molecule has 1 N–H and O–H groups in total. The summed E-state index contributed by atoms with van der Waals surface area (Å²) in [6.07, 6.45) is 3.83. The van der Waals surface area contributed by atoms with E-state index in [0.717, 1.165) is 13.1 Å². The van der Waals surface area contributed by atoms with Crippen LogP contribution in [0.4, 0.5) is 5.69 Å². The number of pyridine rings is 1. The van der Waals surface area contributed by atoms with E-state index >= 15 is 0 Å². The van der Waals surface area contributed by atoms with E-state index in [0.29, 0.717) is 30.2 Å². The average molecular weight is 328 g/mol. The molecule has 1 fully saturated rings. The van der Waals surface area contributed by atoms with E-state index in [-0.39, 0.29) is 5.91 Å². The SMILES string of the molecule is COc1ccc(C(=O)N2CCN(c3cc[nH+]cc3)CC2)cc1OC. The molecule has 0 bridgehead atoms. The molecule has 0 atom stereocenters. The summed E-state index contributed by atoms with van der Waals surface area (Å²) in [4.78, 5) is 19.9. The minimum absolute atomic E-state index is 0.0250. The number of nitrogens with zero attached hydrogens (tertiary/aromatic N) is 2. The van der Waals surface area contributed by atoms with Gasteiger partial charge in [-0.1, -0.05) is 0 Å². The van der Waals surface area contributed by atoms with E-state index < -0.39 is 0 Å². The first-order valence-corrected chi connectivity index (χ1v) is 7.95. The van der Waals surface area contributed by atoms with Gasteiger partial charge in [0.1, 0.15) is 0 Å². The normalized spacial score (nSPS) is 14.4. The van der Waals surface area contributed by atoms with Crippen molar-refractivity contribution in [1.29, 1.82) is 0 Å². The maximum Gasteiger partial charge on any atom is 0.254 e. The molecule has 126 valence electrons. The largest absolute Gasteiger partial charge is 0.493 e. The summed E-state index contributed by atoms with van der Waals surface area (Å²) in [6.45, 7) is 3.05. The lowest BCUT2D eigenvalue weighted by Crippen LogP contribution is -2.48. The number of ether oxygens (including phenoxy) is 2. The Morgan fingerprint density at radius 1 is 0.958 bits per heavy atom. The first kappa shape index (κ1) is 16.1. The summed E-state index contributed by atoms with van der Waals surface area (Å²) in [5, 5.41) is 0. The number of carbonyl (C=O) groups is 1. The van der Waals surface area contributed by atoms with Gasteiger partial charge in [-0.05, 0) is 18.2 Å². The summed E-state index contributed by atoms with van der Waals surface area (Å²) in [5.74, 6) is 1.22. The molecule has 0 radical (unpaired) electrons. The van der Waals surface area contributed by atoms with Crippen molar-refractivity contribution in [3.8, 4) is 11.5 Å². The zero-order valence-corrected chi connectivity index (χ0v) is 14.0. The second-order valence-corrected chi connectivity index (χ2v) is 5.61. The molecule has 1 aromatic heterocycles. The highest BCUT2D eigenvalue weighted by Gasteiger charge is 2.23. The zero-order chi connectivity index (χ0) is 16.9. The minimum atomic E-state index is 0.0250. The molecule has 6 heteroatoms. The molecule has 0 spiro atoms. The van der Waals surface area contributed by atoms with Gasteiger partial charge < -0.3 is 19.3 Å². The van der Waals surface area contributed by atoms with Crippen LogP contribution < -0.4 is 19.4 Å². The quantitative estimate of drug-likeness (QED) is 0.853. The van der Waals surface area contributed by atoms with E-state index in [1.54, 1.807) is 32.4 Å². The van der Waals surface area contributed by atoms with Crippen LogP contribution in [0, 0.1) is 0 Å². The number of aromatic nitrogens is 1. The van der Waals surface area contributed by atoms with Crippen LogP contribution in [0.25, 0.3) is 0 Å². The number of rotatable bonds is 4. The van der Waals surface area contributed by atoms with E-state index in [9.17, 15) is 4.79 Å². The fourth-order valence-electron chi connectivity index (χ4n) is 2.91. The van der Waals surface area contributed by atoms with Crippen LogP contribution >= 0.6 is 0 Å². The third-order valence-electron chi connectivity index (χ3n) is 4.26. The van der Waals surface area contributed by atoms with Crippen molar-refractivity contribution in [1.82, 2.24) is 4.90 Å². The third-order valence-corrected chi connectivity index (χ3v) is 4.26. The van der Waals surface area contributed by atoms with Crippen LogP contribution in [-0.4, -0.2) is 51.2 Å². The van der Waals surface area contributed by atoms with Crippen molar-refractivity contribution in [3.05, 3.63) is 48.3 Å². The topological polar surface area (TPSA) is 56.2 Å². The maximum atomic E-state index is 12.7. The Balaban J connectivity index is 1.67. The predicted octanol–water partition coefficient (Wildman–Crippen LogP) is 1.48. The van der Waals surface area contributed by atoms with Gasteiger partial charge >= 0.3 is 0 Å². The molecular weight excluding hydrogens is 306 g/mol. The Bertz CT molecular complexity index is 698. The molecule has 0 aliphatic carbocycles. The van der Waals surface area contributed by atoms with Crippen molar-refractivity contribution < 1.29 is 19.3 Å². The number of piperazine rings is 1. The number of anilines is 1. The number of methoxy groups -OCH3 is 2. The molecule has 2 aromatic rings. The van der Waals surface area contributed by atoms with E-state index in [1.807, 2.05) is 29.4 Å². The fourth-order valence-corrected chi connectivity index (χ4v) is 2.91. The van der Waals surface area contributed by atoms with Crippen LogP contribution in [0.2, 0.25) is 0 Å². The van der Waals surface area contributed by atoms with E-state index in [2.05, 4.69) is 9.88 Å². The molecular formula is C18H22N3O3+. The van der Waals surface area contributed by atoms with Crippen molar-refractivity contribution in [2.45, 2.75) is 0 Å². The Morgan fingerprint density at radius 3 is 2.25 bits per heavy atom. The van der Waals surface area contributed by atoms with Crippen LogP contribution in [0.5, 0.6) is 11.5 Å². The molecule has 3 rings (SSSR count). The van der Waals surface area contributed by atoms with Crippen LogP contribution in [0.1, 0.15) is 10.4 Å². The Labute approximate surface area is 141 Å². The number of H-pyrrole nitrogens is 1. The molecule has 2 heterocycles. The van der Waals surface area contributed by atoms with Gasteiger partial charge in [0.25, 0.3) is 5.91 Å². The predicted molar refractivity (Wildman–Crippen MR) is 90.7 cm³/mol. The Kier molecular flexibility index (Phi) is 4.84. The number of carbonyl (C=O) groups excluding carboxylic acids is 1. The maximum absolute atomic E-state index is 12.7. The highest BCUT2D eigenvalue weighted by molar-refractivity contribution is 5.95. The zero-order valence-electron chi connectivity index (χ0n) is 14.0. The van der Waals surface area contributed by atoms with E-state index in [1.165, 1.54) is 5.69 Å². The second-order valence-electron chi connectivity index (χ2n) is 5.61. The number of benzene rings is 1. The lowest BCUT2D eigenvalue weighted by molar-refractivity contribution is -0.377. The number of amides is 1. The monoisotopic (exact) mass is 328 g/mol. The molecule has 6 nitrogen and oxygen atoms in total. The summed E-state index contributed by atoms with van der Waals surface area (Å²) in [7, 11) is 3.15. The highest BCUT2D eigenvalue weighted by atomic mass is 16.5. The number of nitrogens with one attached hydrogen (secondary N) is 1. The summed E-state index contributed by atoms with van der Waals surface area (Å²) in [6, 6.07) is 9.38. The molecule has 1 amide bonds. The standard InChI is InChI=1S/C18H21N3O3/c1-23-16-4-3-14(13-17(16)24-2)18(22)21-11-9-20(10-12-21)15-5-7-19-8-6-15/h3-8,13H,9-12H2,1-2H3/p+1. The molecule has 0 saturated carbocycles. The number of hydrogen-bond donors (Lipinski definition) is 0. The van der Waals surface area contributed by atoms with Gasteiger partial charge in [-0.15, -0.1) is 0 Å². The van der Waals surface area contributed by atoms with Gasteiger partial charge in [0.05, 0.1) is 14.2 Å². The van der Waals surface area contributed by atoms with Gasteiger partial charge in [-0.25, -0.2) is 4.98 Å². The molecule has 24 heavy (non-hydrogen) atoms. The Morgan fingerprint density at radius 2 is 1.62 bits per heavy atom. The van der Waals surface area contributed by atoms with Gasteiger partial charge in [0.15, 0.2) is 23.9 Å². The fraction of sp³-hybridized carbons (Fsp3) is 0.333. The average Bonchev–Trinajstić information content (AvgIpc) is 2.67. The van der Waals surface area contributed by atoms with Gasteiger partial charge in [-0.3, -0.25) is 4.79 Å². The molecule has 1 saturated heterocycles. The van der Waals surface area contributed by atoms with Crippen molar-refractivity contribution in [2.24, 2.45) is 0 Å². The smallest absolute Gasteiger partial charge is 0.254 e. The Hall–Kier alpha value is -2.76. The lowest BCUT2D eigenvalue weighted by Gasteiger charge is -2.35. The number of hydrogen-bond acceptors (Lipinski definition) is 4. The van der Waals surface area contributed by atoms with Crippen molar-refractivity contribution in [2.75, 3.05) is 45.3 Å². The molecule has 1 aromatic carbocycles. The lowest BCUT2D eigenvalue weighted by atomic mass is 10.1. The van der Waals surface area contributed by atoms with E-state index in [4.69, 9.17) is 9.47 Å². The number of aromatic amines is 1. The summed E-state index contributed by atoms with van der Waals surface area (Å²) in [5.41, 5.74) is 1.79. The summed E-state index contributed by atoms with van der Waals surface area (Å²) >= 11 is 0. The van der Waals surface area contributed by atoms with Crippen molar-refractivity contribution >= 4 is 11.6 Å².